The molecule has 1 unspecified atom stereocenters. The van der Waals surface area contributed by atoms with Crippen molar-refractivity contribution in [2.75, 3.05) is 6.54 Å². The molecule has 1 aromatic carbocycles. The van der Waals surface area contributed by atoms with Gasteiger partial charge in [0.25, 0.3) is 5.91 Å². The van der Waals surface area contributed by atoms with Crippen molar-refractivity contribution in [3.8, 4) is 5.82 Å². The Bertz CT molecular complexity index is 1290. The topological polar surface area (TPSA) is 97.4 Å². The van der Waals surface area contributed by atoms with Gasteiger partial charge in [0.15, 0.2) is 11.6 Å². The molecule has 3 aromatic rings. The number of imide groups is 1. The number of nitrogens with one attached hydrogen (secondary N) is 1. The molecule has 3 amide bonds. The zero-order valence-corrected chi connectivity index (χ0v) is 19.0. The molecule has 1 saturated heterocycles. The second-order valence-corrected chi connectivity index (χ2v) is 8.93. The quantitative estimate of drug-likeness (QED) is 0.486. The fourth-order valence-electron chi connectivity index (χ4n) is 5.20. The van der Waals surface area contributed by atoms with Crippen molar-refractivity contribution in [1.29, 1.82) is 0 Å². The van der Waals surface area contributed by atoms with E-state index in [4.69, 9.17) is 4.52 Å². The van der Waals surface area contributed by atoms with Crippen LogP contribution >= 0.6 is 0 Å². The van der Waals surface area contributed by atoms with Crippen LogP contribution < -0.4 is 5.32 Å². The zero-order chi connectivity index (χ0) is 23.3. The first-order valence-electron chi connectivity index (χ1n) is 11.2. The number of Topliss-reactive ketones (excluding diaryl/α,β-unsaturated/α-hetero) is 1. The molecule has 0 saturated carbocycles. The third kappa shape index (κ3) is 3.28. The Balaban J connectivity index is 1.45. The van der Waals surface area contributed by atoms with Gasteiger partial charge in [-0.2, -0.15) is 0 Å². The van der Waals surface area contributed by atoms with Gasteiger partial charge in [0.2, 0.25) is 0 Å². The van der Waals surface area contributed by atoms with Crippen molar-refractivity contribution >= 4 is 17.7 Å². The second-order valence-electron chi connectivity index (χ2n) is 8.93. The Kier molecular flexibility index (Phi) is 4.96. The van der Waals surface area contributed by atoms with Gasteiger partial charge in [0.05, 0.1) is 6.54 Å². The molecule has 0 bridgehead atoms. The van der Waals surface area contributed by atoms with Gasteiger partial charge in [0.1, 0.15) is 11.3 Å². The fraction of sp³-hybridized carbons (Fsp3) is 0.360. The predicted molar refractivity (Wildman–Crippen MR) is 120 cm³/mol. The Morgan fingerprint density at radius 3 is 2.70 bits per heavy atom. The molecule has 1 atom stereocenters. The zero-order valence-electron chi connectivity index (χ0n) is 19.0. The number of urea groups is 1. The number of carbonyl (C=O) groups excluding carboxylic acids is 3. The number of hydrogen-bond acceptors (Lipinski definition) is 5. The van der Waals surface area contributed by atoms with Crippen LogP contribution in [-0.4, -0.2) is 38.9 Å². The first-order valence-corrected chi connectivity index (χ1v) is 11.2. The van der Waals surface area contributed by atoms with E-state index in [0.29, 0.717) is 29.3 Å². The molecule has 5 rings (SSSR count). The van der Waals surface area contributed by atoms with Crippen molar-refractivity contribution in [1.82, 2.24) is 19.9 Å². The summed E-state index contributed by atoms with van der Waals surface area (Å²) >= 11 is 0. The number of hydrogen-bond donors (Lipinski definition) is 1. The average Bonchev–Trinajstić information content (AvgIpc) is 3.36. The number of carbonyl (C=O) groups is 3. The molecule has 33 heavy (non-hydrogen) atoms. The summed E-state index contributed by atoms with van der Waals surface area (Å²) in [7, 11) is 0. The van der Waals surface area contributed by atoms with Crippen LogP contribution in [0, 0.1) is 20.8 Å². The van der Waals surface area contributed by atoms with Crippen LogP contribution in [0.1, 0.15) is 57.9 Å². The van der Waals surface area contributed by atoms with Gasteiger partial charge in [-0.1, -0.05) is 29.4 Å². The monoisotopic (exact) mass is 446 g/mol. The smallest absolute Gasteiger partial charge is 0.325 e. The number of aromatic nitrogens is 2. The van der Waals surface area contributed by atoms with E-state index in [0.717, 1.165) is 41.0 Å². The molecule has 1 N–H and O–H groups in total. The molecule has 1 spiro atoms. The molecule has 3 heterocycles. The number of rotatable bonds is 4. The summed E-state index contributed by atoms with van der Waals surface area (Å²) in [4.78, 5) is 40.9. The maximum Gasteiger partial charge on any atom is 0.325 e. The minimum atomic E-state index is -1.10. The summed E-state index contributed by atoms with van der Waals surface area (Å²) < 4.78 is 7.01. The Morgan fingerprint density at radius 2 is 1.94 bits per heavy atom. The van der Waals surface area contributed by atoms with Crippen molar-refractivity contribution in [3.05, 3.63) is 70.2 Å². The standard InChI is InChI=1S/C25H26N4O4/c1-15-12-19(17(3)29(15)22-13-16(2)33-27-22)21(30)14-28-23(31)25(26-24(28)32)11-7-6-9-18-8-4-5-10-20(18)25/h4-5,8,10,12-13H,6-7,9,11,14H2,1-3H3,(H,26,32). The van der Waals surface area contributed by atoms with Crippen LogP contribution in [0.25, 0.3) is 5.82 Å². The van der Waals surface area contributed by atoms with E-state index in [1.807, 2.05) is 42.7 Å². The number of amides is 3. The van der Waals surface area contributed by atoms with Crippen LogP contribution in [0.3, 0.4) is 0 Å². The van der Waals surface area contributed by atoms with Crippen molar-refractivity contribution in [2.45, 2.75) is 52.0 Å². The number of nitrogens with zero attached hydrogens (tertiary/aromatic N) is 3. The fourth-order valence-corrected chi connectivity index (χ4v) is 5.20. The molecule has 1 aliphatic carbocycles. The predicted octanol–water partition coefficient (Wildman–Crippen LogP) is 3.75. The molecule has 1 aliphatic heterocycles. The van der Waals surface area contributed by atoms with Gasteiger partial charge < -0.3 is 9.84 Å². The van der Waals surface area contributed by atoms with Crippen molar-refractivity contribution in [3.63, 3.8) is 0 Å². The third-order valence-corrected chi connectivity index (χ3v) is 6.78. The number of fused-ring (bicyclic) bond motifs is 2. The highest BCUT2D eigenvalue weighted by Crippen LogP contribution is 2.39. The van der Waals surface area contributed by atoms with E-state index in [9.17, 15) is 14.4 Å². The molecule has 2 aliphatic rings. The van der Waals surface area contributed by atoms with Gasteiger partial charge in [-0.25, -0.2) is 4.79 Å². The van der Waals surface area contributed by atoms with E-state index in [2.05, 4.69) is 10.5 Å². The highest BCUT2D eigenvalue weighted by molar-refractivity contribution is 6.11. The summed E-state index contributed by atoms with van der Waals surface area (Å²) in [6, 6.07) is 10.8. The van der Waals surface area contributed by atoms with Gasteiger partial charge in [-0.3, -0.25) is 19.1 Å². The Morgan fingerprint density at radius 1 is 1.15 bits per heavy atom. The van der Waals surface area contributed by atoms with E-state index < -0.39 is 11.6 Å². The normalized spacial score (nSPS) is 20.2. The lowest BCUT2D eigenvalue weighted by Crippen LogP contribution is -2.44. The number of benzene rings is 1. The summed E-state index contributed by atoms with van der Waals surface area (Å²) in [5.41, 5.74) is 2.78. The van der Waals surface area contributed by atoms with Crippen molar-refractivity contribution in [2.24, 2.45) is 0 Å². The average molecular weight is 447 g/mol. The lowest BCUT2D eigenvalue weighted by atomic mass is 9.84. The lowest BCUT2D eigenvalue weighted by Gasteiger charge is -2.27. The molecular weight excluding hydrogens is 420 g/mol. The molecule has 2 aromatic heterocycles. The highest BCUT2D eigenvalue weighted by atomic mass is 16.5. The summed E-state index contributed by atoms with van der Waals surface area (Å²) in [5.74, 6) is 0.609. The van der Waals surface area contributed by atoms with Crippen LogP contribution in [0.5, 0.6) is 0 Å². The van der Waals surface area contributed by atoms with Gasteiger partial charge in [-0.05, 0) is 63.6 Å². The summed E-state index contributed by atoms with van der Waals surface area (Å²) in [6.45, 7) is 5.19. The SMILES string of the molecule is Cc1cc(-n2c(C)cc(C(=O)CN3C(=O)NC4(CCCCc5ccccc54)C3=O)c2C)no1. The molecule has 1 fully saturated rings. The van der Waals surface area contributed by atoms with Crippen LogP contribution in [-0.2, 0) is 16.8 Å². The van der Waals surface area contributed by atoms with Gasteiger partial charge >= 0.3 is 6.03 Å². The molecule has 0 radical (unpaired) electrons. The van der Waals surface area contributed by atoms with Gasteiger partial charge in [0, 0.05) is 23.0 Å². The first kappa shape index (κ1) is 21.2. The molecule has 8 nitrogen and oxygen atoms in total. The summed E-state index contributed by atoms with van der Waals surface area (Å²) in [5, 5.41) is 6.98. The highest BCUT2D eigenvalue weighted by Gasteiger charge is 2.53. The third-order valence-electron chi connectivity index (χ3n) is 6.78. The minimum absolute atomic E-state index is 0.294. The second kappa shape index (κ2) is 7.72. The van der Waals surface area contributed by atoms with E-state index in [-0.39, 0.29) is 18.2 Å². The van der Waals surface area contributed by atoms with E-state index in [1.165, 1.54) is 0 Å². The Hall–Kier alpha value is -3.68. The summed E-state index contributed by atoms with van der Waals surface area (Å²) in [6.07, 6.45) is 3.17. The maximum absolute atomic E-state index is 13.6. The number of aryl methyl sites for hydroxylation is 3. The molecular formula is C25H26N4O4. The lowest BCUT2D eigenvalue weighted by molar-refractivity contribution is -0.131. The molecule has 8 heteroatoms. The first-order chi connectivity index (χ1) is 15.8. The largest absolute Gasteiger partial charge is 0.360 e. The number of ketones is 1. The van der Waals surface area contributed by atoms with E-state index >= 15 is 0 Å². The van der Waals surface area contributed by atoms with Crippen LogP contribution in [0.15, 0.2) is 40.9 Å². The Labute approximate surface area is 191 Å². The van der Waals surface area contributed by atoms with Gasteiger partial charge in [-0.15, -0.1) is 0 Å². The van der Waals surface area contributed by atoms with Crippen LogP contribution in [0.4, 0.5) is 4.79 Å². The maximum atomic E-state index is 13.6. The van der Waals surface area contributed by atoms with E-state index in [1.54, 1.807) is 19.1 Å². The van der Waals surface area contributed by atoms with Crippen LogP contribution in [0.2, 0.25) is 0 Å². The minimum Gasteiger partial charge on any atom is -0.360 e. The van der Waals surface area contributed by atoms with Crippen molar-refractivity contribution < 1.29 is 18.9 Å². The molecule has 170 valence electrons.